The van der Waals surface area contributed by atoms with Crippen LogP contribution in [0.25, 0.3) is 0 Å². The summed E-state index contributed by atoms with van der Waals surface area (Å²) in [5.41, 5.74) is 0. The Hall–Kier alpha value is -0.570. The third kappa shape index (κ3) is 2.76. The first-order valence-corrected chi connectivity index (χ1v) is 6.81. The maximum absolute atomic E-state index is 12.2. The zero-order valence-corrected chi connectivity index (χ0v) is 10.4. The van der Waals surface area contributed by atoms with E-state index in [0.29, 0.717) is 17.9 Å². The normalized spacial score (nSPS) is 22.8. The number of amides is 1. The topological polar surface area (TPSA) is 32.3 Å². The van der Waals surface area contributed by atoms with Crippen molar-refractivity contribution >= 4 is 5.91 Å². The lowest BCUT2D eigenvalue weighted by molar-refractivity contribution is -0.135. The number of nitrogens with one attached hydrogen (secondary N) is 1. The third-order valence-electron chi connectivity index (χ3n) is 4.01. The molecule has 1 saturated heterocycles. The zero-order valence-electron chi connectivity index (χ0n) is 10.4. The molecule has 2 rings (SSSR count). The van der Waals surface area contributed by atoms with Gasteiger partial charge in [0.2, 0.25) is 5.91 Å². The van der Waals surface area contributed by atoms with Crippen molar-refractivity contribution in [1.29, 1.82) is 0 Å². The molecule has 1 aliphatic heterocycles. The van der Waals surface area contributed by atoms with Crippen LogP contribution >= 0.6 is 0 Å². The quantitative estimate of drug-likeness (QED) is 0.789. The Morgan fingerprint density at radius 3 is 2.44 bits per heavy atom. The molecule has 0 spiro atoms. The molecule has 2 fully saturated rings. The van der Waals surface area contributed by atoms with Crippen molar-refractivity contribution in [2.75, 3.05) is 19.6 Å². The van der Waals surface area contributed by atoms with E-state index in [1.54, 1.807) is 0 Å². The predicted molar refractivity (Wildman–Crippen MR) is 65.2 cm³/mol. The molecule has 0 aromatic carbocycles. The fraction of sp³-hybridized carbons (Fsp3) is 0.923. The third-order valence-corrected chi connectivity index (χ3v) is 4.01. The molecule has 1 heterocycles. The second-order valence-electron chi connectivity index (χ2n) is 5.20. The van der Waals surface area contributed by atoms with E-state index in [9.17, 15) is 4.79 Å². The van der Waals surface area contributed by atoms with Crippen LogP contribution in [-0.2, 0) is 4.79 Å². The molecule has 0 radical (unpaired) electrons. The SMILES string of the molecule is CCN(C(=O)CC1CNC1)C1CCCCC1. The number of nitrogens with zero attached hydrogens (tertiary/aromatic N) is 1. The van der Waals surface area contributed by atoms with Gasteiger partial charge in [-0.05, 0) is 38.8 Å². The fourth-order valence-electron chi connectivity index (χ4n) is 2.89. The van der Waals surface area contributed by atoms with Crippen LogP contribution in [0.4, 0.5) is 0 Å². The van der Waals surface area contributed by atoms with Crippen molar-refractivity contribution in [1.82, 2.24) is 10.2 Å². The Kier molecular flexibility index (Phi) is 4.22. The van der Waals surface area contributed by atoms with Crippen LogP contribution < -0.4 is 5.32 Å². The summed E-state index contributed by atoms with van der Waals surface area (Å²) >= 11 is 0. The second-order valence-corrected chi connectivity index (χ2v) is 5.20. The monoisotopic (exact) mass is 224 g/mol. The van der Waals surface area contributed by atoms with E-state index in [1.807, 2.05) is 0 Å². The number of rotatable bonds is 4. The lowest BCUT2D eigenvalue weighted by Gasteiger charge is -2.36. The minimum absolute atomic E-state index is 0.390. The van der Waals surface area contributed by atoms with Crippen LogP contribution in [0.1, 0.15) is 45.4 Å². The van der Waals surface area contributed by atoms with Crippen molar-refractivity contribution < 1.29 is 4.79 Å². The average molecular weight is 224 g/mol. The summed E-state index contributed by atoms with van der Waals surface area (Å²) in [6.07, 6.45) is 7.18. The van der Waals surface area contributed by atoms with Crippen molar-refractivity contribution in [3.05, 3.63) is 0 Å². The molecule has 2 aliphatic rings. The van der Waals surface area contributed by atoms with Crippen LogP contribution in [0.15, 0.2) is 0 Å². The van der Waals surface area contributed by atoms with E-state index < -0.39 is 0 Å². The predicted octanol–water partition coefficient (Wildman–Crippen LogP) is 1.78. The van der Waals surface area contributed by atoms with Crippen molar-refractivity contribution in [3.63, 3.8) is 0 Å². The van der Waals surface area contributed by atoms with Crippen molar-refractivity contribution in [2.24, 2.45) is 5.92 Å². The highest BCUT2D eigenvalue weighted by molar-refractivity contribution is 5.77. The average Bonchev–Trinajstić information content (AvgIpc) is 2.26. The zero-order chi connectivity index (χ0) is 11.4. The van der Waals surface area contributed by atoms with Gasteiger partial charge in [0, 0.05) is 19.0 Å². The highest BCUT2D eigenvalue weighted by Crippen LogP contribution is 2.24. The van der Waals surface area contributed by atoms with E-state index in [-0.39, 0.29) is 0 Å². The van der Waals surface area contributed by atoms with Crippen LogP contribution in [0, 0.1) is 5.92 Å². The van der Waals surface area contributed by atoms with E-state index in [2.05, 4.69) is 17.1 Å². The van der Waals surface area contributed by atoms with Gasteiger partial charge in [-0.2, -0.15) is 0 Å². The maximum Gasteiger partial charge on any atom is 0.223 e. The summed E-state index contributed by atoms with van der Waals surface area (Å²) in [4.78, 5) is 14.3. The second kappa shape index (κ2) is 5.67. The van der Waals surface area contributed by atoms with Gasteiger partial charge < -0.3 is 10.2 Å². The number of hydrogen-bond acceptors (Lipinski definition) is 2. The van der Waals surface area contributed by atoms with Gasteiger partial charge in [-0.1, -0.05) is 19.3 Å². The highest BCUT2D eigenvalue weighted by Gasteiger charge is 2.27. The molecule has 1 N–H and O–H groups in total. The molecule has 0 unspecified atom stereocenters. The molecule has 92 valence electrons. The maximum atomic E-state index is 12.2. The van der Waals surface area contributed by atoms with Crippen LogP contribution in [0.3, 0.4) is 0 Å². The van der Waals surface area contributed by atoms with Gasteiger partial charge in [0.1, 0.15) is 0 Å². The lowest BCUT2D eigenvalue weighted by Crippen LogP contribution is -2.47. The molecular weight excluding hydrogens is 200 g/mol. The van der Waals surface area contributed by atoms with E-state index in [1.165, 1.54) is 32.1 Å². The van der Waals surface area contributed by atoms with Gasteiger partial charge in [-0.15, -0.1) is 0 Å². The minimum Gasteiger partial charge on any atom is -0.340 e. The first-order chi connectivity index (χ1) is 7.81. The summed E-state index contributed by atoms with van der Waals surface area (Å²) in [7, 11) is 0. The van der Waals surface area contributed by atoms with Crippen molar-refractivity contribution in [3.8, 4) is 0 Å². The van der Waals surface area contributed by atoms with Gasteiger partial charge in [0.15, 0.2) is 0 Å². The molecule has 0 bridgehead atoms. The van der Waals surface area contributed by atoms with E-state index in [0.717, 1.165) is 26.1 Å². The van der Waals surface area contributed by atoms with Gasteiger partial charge >= 0.3 is 0 Å². The Bertz CT molecular complexity index is 232. The lowest BCUT2D eigenvalue weighted by atomic mass is 9.92. The van der Waals surface area contributed by atoms with E-state index >= 15 is 0 Å². The van der Waals surface area contributed by atoms with Crippen LogP contribution in [0.5, 0.6) is 0 Å². The largest absolute Gasteiger partial charge is 0.340 e. The van der Waals surface area contributed by atoms with Crippen LogP contribution in [-0.4, -0.2) is 36.5 Å². The van der Waals surface area contributed by atoms with Gasteiger partial charge in [-0.3, -0.25) is 4.79 Å². The molecule has 3 nitrogen and oxygen atoms in total. The standard InChI is InChI=1S/C13H24N2O/c1-2-15(12-6-4-3-5-7-12)13(16)8-11-9-14-10-11/h11-12,14H,2-10H2,1H3. The first kappa shape index (κ1) is 11.9. The first-order valence-electron chi connectivity index (χ1n) is 6.81. The summed E-state index contributed by atoms with van der Waals surface area (Å²) in [5.74, 6) is 0.992. The van der Waals surface area contributed by atoms with E-state index in [4.69, 9.17) is 0 Å². The summed E-state index contributed by atoms with van der Waals surface area (Å²) in [6, 6.07) is 0.541. The minimum atomic E-state index is 0.390. The van der Waals surface area contributed by atoms with Gasteiger partial charge in [0.05, 0.1) is 0 Å². The molecule has 0 atom stereocenters. The summed E-state index contributed by atoms with van der Waals surface area (Å²) < 4.78 is 0. The Balaban J connectivity index is 1.83. The molecule has 16 heavy (non-hydrogen) atoms. The number of carbonyl (C=O) groups excluding carboxylic acids is 1. The Morgan fingerprint density at radius 1 is 1.25 bits per heavy atom. The Labute approximate surface area is 98.6 Å². The number of hydrogen-bond donors (Lipinski definition) is 1. The van der Waals surface area contributed by atoms with Crippen LogP contribution in [0.2, 0.25) is 0 Å². The Morgan fingerprint density at radius 2 is 1.94 bits per heavy atom. The molecule has 1 aliphatic carbocycles. The molecule has 0 aromatic rings. The summed E-state index contributed by atoms with van der Waals surface area (Å²) in [5, 5.41) is 3.23. The molecule has 1 saturated carbocycles. The smallest absolute Gasteiger partial charge is 0.223 e. The highest BCUT2D eigenvalue weighted by atomic mass is 16.2. The molecular formula is C13H24N2O. The van der Waals surface area contributed by atoms with Gasteiger partial charge in [-0.25, -0.2) is 0 Å². The summed E-state index contributed by atoms with van der Waals surface area (Å²) in [6.45, 7) is 5.08. The fourth-order valence-corrected chi connectivity index (χ4v) is 2.89. The van der Waals surface area contributed by atoms with Gasteiger partial charge in [0.25, 0.3) is 0 Å². The van der Waals surface area contributed by atoms with Crippen molar-refractivity contribution in [2.45, 2.75) is 51.5 Å². The molecule has 0 aromatic heterocycles. The molecule has 1 amide bonds. The number of carbonyl (C=O) groups is 1. The molecule has 3 heteroatoms.